The summed E-state index contributed by atoms with van der Waals surface area (Å²) in [4.78, 5) is 83.6. The van der Waals surface area contributed by atoms with Gasteiger partial charge in [-0.05, 0) is 0 Å². The Morgan fingerprint density at radius 3 is 1.18 bits per heavy atom. The van der Waals surface area contributed by atoms with Gasteiger partial charge < -0.3 is 52.1 Å². The van der Waals surface area contributed by atoms with Crippen LogP contribution in [0, 0.1) is 0 Å². The zero-order chi connectivity index (χ0) is 34.0. The second-order valence-electron chi connectivity index (χ2n) is 9.90. The molecule has 45 heavy (non-hydrogen) atoms. The van der Waals surface area contributed by atoms with E-state index in [9.17, 15) is 33.6 Å². The Bertz CT molecular complexity index is 1110. The molecular weight excluding hydrogens is 612 g/mol. The molecule has 2 fully saturated rings. The maximum absolute atomic E-state index is 12.1. The Hall–Kier alpha value is -3.87. The van der Waals surface area contributed by atoms with Crippen LogP contribution in [0.1, 0.15) is 48.5 Å². The lowest BCUT2D eigenvalue weighted by Crippen LogP contribution is -2.65. The van der Waals surface area contributed by atoms with Gasteiger partial charge in [0, 0.05) is 55.6 Å². The second kappa shape index (κ2) is 17.0. The third-order valence-corrected chi connectivity index (χ3v) is 6.13. The fourth-order valence-corrected chi connectivity index (χ4v) is 4.71. The summed E-state index contributed by atoms with van der Waals surface area (Å²) in [5.74, 6) is -5.64. The Labute approximate surface area is 258 Å². The number of methoxy groups -OCH3 is 1. The van der Waals surface area contributed by atoms with Crippen LogP contribution in [-0.2, 0) is 85.7 Å². The number of hydrogen-bond acceptors (Lipinski definition) is 18. The first kappa shape index (κ1) is 37.3. The van der Waals surface area contributed by atoms with Crippen molar-refractivity contribution in [3.05, 3.63) is 0 Å². The summed E-state index contributed by atoms with van der Waals surface area (Å²) in [5.41, 5.74) is 0. The van der Waals surface area contributed by atoms with Crippen LogP contribution in [-0.4, -0.2) is 124 Å². The molecule has 2 saturated heterocycles. The van der Waals surface area contributed by atoms with Gasteiger partial charge >= 0.3 is 41.8 Å². The highest BCUT2D eigenvalue weighted by Gasteiger charge is 2.55. The summed E-state index contributed by atoms with van der Waals surface area (Å²) >= 11 is 0. The van der Waals surface area contributed by atoms with Crippen molar-refractivity contribution in [2.24, 2.45) is 0 Å². The van der Waals surface area contributed by atoms with Crippen LogP contribution >= 0.6 is 0 Å². The third-order valence-electron chi connectivity index (χ3n) is 6.13. The molecule has 0 aromatic carbocycles. The molecule has 0 aromatic heterocycles. The standard InChI is InChI=1S/C27H38O18/c1-11(28)36-9-18-21(39-13(3)30)23(25(41-15(5)32)27(44-18)43-17(7)34)37-10-19-20(38-12(2)29)22(35-8)24(40-14(4)31)26(45-19)42-16(6)33/h18-27H,9-10H2,1-8H3/t18-,19-,20-,21-,22+,23+,24-,25-,26+,27+/m1/s1. The first-order chi connectivity index (χ1) is 21.0. The van der Waals surface area contributed by atoms with Gasteiger partial charge in [-0.2, -0.15) is 0 Å². The zero-order valence-electron chi connectivity index (χ0n) is 26.0. The number of rotatable bonds is 12. The maximum Gasteiger partial charge on any atom is 0.305 e. The van der Waals surface area contributed by atoms with Crippen molar-refractivity contribution >= 4 is 41.8 Å². The monoisotopic (exact) mass is 650 g/mol. The molecule has 254 valence electrons. The zero-order valence-corrected chi connectivity index (χ0v) is 26.0. The van der Waals surface area contributed by atoms with Gasteiger partial charge in [0.25, 0.3) is 0 Å². The van der Waals surface area contributed by atoms with Crippen molar-refractivity contribution in [3.63, 3.8) is 0 Å². The molecule has 18 nitrogen and oxygen atoms in total. The van der Waals surface area contributed by atoms with Crippen molar-refractivity contribution < 1.29 is 85.7 Å². The minimum Gasteiger partial charge on any atom is -0.463 e. The van der Waals surface area contributed by atoms with E-state index >= 15 is 0 Å². The predicted octanol–water partition coefficient (Wildman–Crippen LogP) is -0.747. The van der Waals surface area contributed by atoms with Crippen molar-refractivity contribution in [3.8, 4) is 0 Å². The van der Waals surface area contributed by atoms with Gasteiger partial charge in [0.1, 0.15) is 31.0 Å². The fraction of sp³-hybridized carbons (Fsp3) is 0.741. The van der Waals surface area contributed by atoms with Gasteiger partial charge in [-0.15, -0.1) is 0 Å². The van der Waals surface area contributed by atoms with Crippen molar-refractivity contribution in [2.45, 2.75) is 110 Å². The summed E-state index contributed by atoms with van der Waals surface area (Å²) in [7, 11) is 1.22. The molecule has 2 aliphatic rings. The quantitative estimate of drug-likeness (QED) is 0.187. The summed E-state index contributed by atoms with van der Waals surface area (Å²) in [5, 5.41) is 0. The minimum atomic E-state index is -1.63. The molecule has 2 rings (SSSR count). The van der Waals surface area contributed by atoms with Crippen LogP contribution in [0.4, 0.5) is 0 Å². The molecule has 0 N–H and O–H groups in total. The molecular formula is C27H38O18. The van der Waals surface area contributed by atoms with Gasteiger partial charge in [0.2, 0.25) is 12.6 Å². The number of carbonyl (C=O) groups excluding carboxylic acids is 7. The lowest BCUT2D eigenvalue weighted by atomic mass is 9.96. The molecule has 0 spiro atoms. The molecule has 0 aromatic rings. The Morgan fingerprint density at radius 1 is 0.444 bits per heavy atom. The number of hydrogen-bond donors (Lipinski definition) is 0. The smallest absolute Gasteiger partial charge is 0.305 e. The topological polar surface area (TPSA) is 221 Å². The van der Waals surface area contributed by atoms with Gasteiger partial charge in [0.15, 0.2) is 24.4 Å². The Balaban J connectivity index is 2.56. The van der Waals surface area contributed by atoms with Gasteiger partial charge in [-0.1, -0.05) is 0 Å². The molecule has 0 bridgehead atoms. The minimum absolute atomic E-state index is 0.502. The van der Waals surface area contributed by atoms with E-state index in [1.165, 1.54) is 7.11 Å². The van der Waals surface area contributed by atoms with Crippen molar-refractivity contribution in [1.82, 2.24) is 0 Å². The lowest BCUT2D eigenvalue weighted by Gasteiger charge is -2.46. The third kappa shape index (κ3) is 11.2. The van der Waals surface area contributed by atoms with Crippen molar-refractivity contribution in [2.75, 3.05) is 20.3 Å². The average molecular weight is 651 g/mol. The van der Waals surface area contributed by atoms with E-state index in [-0.39, 0.29) is 0 Å². The lowest BCUT2D eigenvalue weighted by molar-refractivity contribution is -0.323. The SMILES string of the molecule is CO[C@@H]1[C@@H](OC(C)=O)[C@@H](OC(C)=O)O[C@H](CO[C@@H]2[C@@H](OC(C)=O)[C@@H](OC(C)=O)O[C@H](COC(C)=O)[C@H]2OC(C)=O)[C@H]1OC(C)=O. The van der Waals surface area contributed by atoms with Crippen LogP contribution in [0.15, 0.2) is 0 Å². The summed E-state index contributed by atoms with van der Waals surface area (Å²) in [6.45, 7) is 6.49. The highest BCUT2D eigenvalue weighted by molar-refractivity contribution is 5.69. The molecule has 0 saturated carbocycles. The summed E-state index contributed by atoms with van der Waals surface area (Å²) < 4.78 is 60.2. The van der Waals surface area contributed by atoms with Crippen LogP contribution in [0.2, 0.25) is 0 Å². The highest BCUT2D eigenvalue weighted by Crippen LogP contribution is 2.33. The van der Waals surface area contributed by atoms with E-state index in [2.05, 4.69) is 0 Å². The summed E-state index contributed by atoms with van der Waals surface area (Å²) in [6, 6.07) is 0. The number of esters is 7. The Kier molecular flexibility index (Phi) is 14.1. The molecule has 18 heteroatoms. The second-order valence-corrected chi connectivity index (χ2v) is 9.90. The molecule has 0 unspecified atom stereocenters. The van der Waals surface area contributed by atoms with E-state index in [1.807, 2.05) is 0 Å². The van der Waals surface area contributed by atoms with Crippen molar-refractivity contribution in [1.29, 1.82) is 0 Å². The first-order valence-corrected chi connectivity index (χ1v) is 13.7. The number of ether oxygens (including phenoxy) is 11. The van der Waals surface area contributed by atoms with Gasteiger partial charge in [0.05, 0.1) is 6.61 Å². The average Bonchev–Trinajstić information content (AvgIpc) is 2.89. The largest absolute Gasteiger partial charge is 0.463 e. The molecule has 2 heterocycles. The molecule has 2 aliphatic heterocycles. The molecule has 0 aliphatic carbocycles. The van der Waals surface area contributed by atoms with Gasteiger partial charge in [-0.25, -0.2) is 0 Å². The normalized spacial score (nSPS) is 31.0. The predicted molar refractivity (Wildman–Crippen MR) is 140 cm³/mol. The molecule has 0 radical (unpaired) electrons. The highest BCUT2D eigenvalue weighted by atomic mass is 16.8. The van der Waals surface area contributed by atoms with E-state index in [0.717, 1.165) is 48.5 Å². The first-order valence-electron chi connectivity index (χ1n) is 13.7. The number of carbonyl (C=O) groups is 7. The van der Waals surface area contributed by atoms with E-state index < -0.39 is 116 Å². The Morgan fingerprint density at radius 2 is 0.800 bits per heavy atom. The molecule has 10 atom stereocenters. The fourth-order valence-electron chi connectivity index (χ4n) is 4.71. The van der Waals surface area contributed by atoms with Crippen LogP contribution in [0.5, 0.6) is 0 Å². The van der Waals surface area contributed by atoms with E-state index in [1.54, 1.807) is 0 Å². The van der Waals surface area contributed by atoms with Crippen LogP contribution in [0.3, 0.4) is 0 Å². The maximum atomic E-state index is 12.1. The van der Waals surface area contributed by atoms with E-state index in [4.69, 9.17) is 52.1 Å². The van der Waals surface area contributed by atoms with Gasteiger partial charge in [-0.3, -0.25) is 33.6 Å². The molecule has 0 amide bonds. The van der Waals surface area contributed by atoms with Crippen LogP contribution < -0.4 is 0 Å². The van der Waals surface area contributed by atoms with E-state index in [0.29, 0.717) is 0 Å². The summed E-state index contributed by atoms with van der Waals surface area (Å²) in [6.07, 6.45) is -14.3. The van der Waals surface area contributed by atoms with Crippen LogP contribution in [0.25, 0.3) is 0 Å².